The topological polar surface area (TPSA) is 67.8 Å². The molecule has 1 rings (SSSR count). The smallest absolute Gasteiger partial charge is 0.323 e. The second-order valence-electron chi connectivity index (χ2n) is 3.74. The number of ether oxygens (including phenoxy) is 2. The van der Waals surface area contributed by atoms with E-state index in [1.54, 1.807) is 0 Å². The lowest BCUT2D eigenvalue weighted by Gasteiger charge is -2.24. The molecule has 1 aliphatic heterocycles. The van der Waals surface area contributed by atoms with E-state index in [2.05, 4.69) is 5.32 Å². The maximum absolute atomic E-state index is 10.8. The van der Waals surface area contributed by atoms with E-state index in [0.717, 1.165) is 25.9 Å². The number of carbonyl (C=O) groups is 1. The molecule has 0 spiro atoms. The number of hydrogen-bond acceptors (Lipinski definition) is 4. The molecule has 1 aliphatic rings. The third-order valence-corrected chi connectivity index (χ3v) is 2.50. The average molecular weight is 217 g/mol. The molecule has 2 N–H and O–H groups in total. The van der Waals surface area contributed by atoms with Crippen LogP contribution in [-0.4, -0.2) is 50.1 Å². The summed E-state index contributed by atoms with van der Waals surface area (Å²) < 4.78 is 10.3. The van der Waals surface area contributed by atoms with Gasteiger partial charge >= 0.3 is 5.97 Å². The summed E-state index contributed by atoms with van der Waals surface area (Å²) in [6, 6.07) is -0.638. The van der Waals surface area contributed by atoms with E-state index in [4.69, 9.17) is 14.6 Å². The molecule has 15 heavy (non-hydrogen) atoms. The molecule has 0 aliphatic carbocycles. The Bertz CT molecular complexity index is 192. The van der Waals surface area contributed by atoms with Crippen LogP contribution >= 0.6 is 0 Å². The summed E-state index contributed by atoms with van der Waals surface area (Å²) in [6.07, 6.45) is 3.43. The van der Waals surface area contributed by atoms with Gasteiger partial charge in [0, 0.05) is 20.3 Å². The number of carboxylic acid groups (broad SMARTS) is 1. The minimum atomic E-state index is -0.882. The van der Waals surface area contributed by atoms with Gasteiger partial charge in [0.15, 0.2) is 0 Å². The van der Waals surface area contributed by atoms with Gasteiger partial charge in [-0.1, -0.05) is 0 Å². The fourth-order valence-electron chi connectivity index (χ4n) is 1.63. The Kier molecular flexibility index (Phi) is 5.60. The summed E-state index contributed by atoms with van der Waals surface area (Å²) in [5, 5.41) is 11.8. The van der Waals surface area contributed by atoms with Crippen LogP contribution in [0.25, 0.3) is 0 Å². The zero-order valence-corrected chi connectivity index (χ0v) is 9.07. The highest BCUT2D eigenvalue weighted by atomic mass is 16.5. The normalized spacial score (nSPS) is 23.7. The average Bonchev–Trinajstić information content (AvgIpc) is 2.25. The van der Waals surface area contributed by atoms with E-state index in [0.29, 0.717) is 6.54 Å². The minimum absolute atomic E-state index is 0.150. The van der Waals surface area contributed by atoms with E-state index in [-0.39, 0.29) is 12.7 Å². The van der Waals surface area contributed by atoms with Gasteiger partial charge < -0.3 is 14.6 Å². The van der Waals surface area contributed by atoms with Gasteiger partial charge in [0.05, 0.1) is 12.7 Å². The van der Waals surface area contributed by atoms with Crippen molar-refractivity contribution in [1.82, 2.24) is 5.32 Å². The molecule has 2 atom stereocenters. The molecule has 1 fully saturated rings. The van der Waals surface area contributed by atoms with Crippen molar-refractivity contribution in [2.45, 2.75) is 31.4 Å². The van der Waals surface area contributed by atoms with Crippen molar-refractivity contribution in [3.05, 3.63) is 0 Å². The summed E-state index contributed by atoms with van der Waals surface area (Å²) in [6.45, 7) is 1.55. The molecular formula is C10H19NO4. The molecular weight excluding hydrogens is 198 g/mol. The number of rotatable bonds is 6. The summed E-state index contributed by atoms with van der Waals surface area (Å²) in [4.78, 5) is 10.8. The van der Waals surface area contributed by atoms with Gasteiger partial charge in [0.1, 0.15) is 6.04 Å². The monoisotopic (exact) mass is 217 g/mol. The van der Waals surface area contributed by atoms with Crippen molar-refractivity contribution in [1.29, 1.82) is 0 Å². The van der Waals surface area contributed by atoms with Crippen LogP contribution in [0.2, 0.25) is 0 Å². The fourth-order valence-corrected chi connectivity index (χ4v) is 1.63. The van der Waals surface area contributed by atoms with Gasteiger partial charge in [-0.2, -0.15) is 0 Å². The van der Waals surface area contributed by atoms with E-state index in [1.807, 2.05) is 0 Å². The highest BCUT2D eigenvalue weighted by Crippen LogP contribution is 2.11. The zero-order valence-electron chi connectivity index (χ0n) is 9.07. The summed E-state index contributed by atoms with van der Waals surface area (Å²) >= 11 is 0. The first-order chi connectivity index (χ1) is 7.24. The Balaban J connectivity index is 2.22. The van der Waals surface area contributed by atoms with Gasteiger partial charge in [-0.25, -0.2) is 0 Å². The molecule has 0 aromatic carbocycles. The summed E-state index contributed by atoms with van der Waals surface area (Å²) in [5.74, 6) is -0.882. The van der Waals surface area contributed by atoms with Crippen molar-refractivity contribution in [2.75, 3.05) is 26.9 Å². The van der Waals surface area contributed by atoms with E-state index in [1.165, 1.54) is 7.11 Å². The summed E-state index contributed by atoms with van der Waals surface area (Å²) in [7, 11) is 1.49. The number of aliphatic carboxylic acids is 1. The molecule has 0 bridgehead atoms. The van der Waals surface area contributed by atoms with Crippen LogP contribution in [0, 0.1) is 0 Å². The number of nitrogens with one attached hydrogen (secondary N) is 1. The zero-order chi connectivity index (χ0) is 11.1. The van der Waals surface area contributed by atoms with Crippen LogP contribution in [0.4, 0.5) is 0 Å². The molecule has 0 amide bonds. The Hall–Kier alpha value is -0.650. The largest absolute Gasteiger partial charge is 0.480 e. The Morgan fingerprint density at radius 2 is 2.47 bits per heavy atom. The first-order valence-electron chi connectivity index (χ1n) is 5.30. The third kappa shape index (κ3) is 4.59. The standard InChI is InChI=1S/C10H19NO4/c1-14-7-9(10(12)13)11-6-8-4-2-3-5-15-8/h8-9,11H,2-7H2,1H3,(H,12,13). The lowest BCUT2D eigenvalue weighted by atomic mass is 10.1. The second-order valence-corrected chi connectivity index (χ2v) is 3.74. The SMILES string of the molecule is COCC(NCC1CCCCO1)C(=O)O. The first kappa shape index (κ1) is 12.4. The highest BCUT2D eigenvalue weighted by molar-refractivity contribution is 5.73. The molecule has 1 saturated heterocycles. The predicted molar refractivity (Wildman–Crippen MR) is 54.9 cm³/mol. The molecule has 2 unspecified atom stereocenters. The quantitative estimate of drug-likeness (QED) is 0.667. The summed E-state index contributed by atoms with van der Waals surface area (Å²) in [5.41, 5.74) is 0. The Labute approximate surface area is 89.8 Å². The van der Waals surface area contributed by atoms with E-state index < -0.39 is 12.0 Å². The minimum Gasteiger partial charge on any atom is -0.480 e. The predicted octanol–water partition coefficient (Wildman–Crippen LogP) is 0.245. The van der Waals surface area contributed by atoms with Crippen molar-refractivity contribution in [2.24, 2.45) is 0 Å². The number of hydrogen-bond donors (Lipinski definition) is 2. The molecule has 5 heteroatoms. The van der Waals surface area contributed by atoms with E-state index in [9.17, 15) is 4.79 Å². The second kappa shape index (κ2) is 6.76. The third-order valence-electron chi connectivity index (χ3n) is 2.50. The van der Waals surface area contributed by atoms with E-state index >= 15 is 0 Å². The maximum atomic E-state index is 10.8. The Morgan fingerprint density at radius 1 is 1.67 bits per heavy atom. The van der Waals surface area contributed by atoms with Crippen LogP contribution < -0.4 is 5.32 Å². The Morgan fingerprint density at radius 3 is 3.00 bits per heavy atom. The lowest BCUT2D eigenvalue weighted by molar-refractivity contribution is -0.141. The van der Waals surface area contributed by atoms with Crippen LogP contribution in [0.3, 0.4) is 0 Å². The van der Waals surface area contributed by atoms with Crippen molar-refractivity contribution >= 4 is 5.97 Å². The maximum Gasteiger partial charge on any atom is 0.323 e. The molecule has 0 saturated carbocycles. The van der Waals surface area contributed by atoms with Gasteiger partial charge in [0.25, 0.3) is 0 Å². The lowest BCUT2D eigenvalue weighted by Crippen LogP contribution is -2.44. The molecule has 0 radical (unpaired) electrons. The number of methoxy groups -OCH3 is 1. The number of carboxylic acids is 1. The van der Waals surface area contributed by atoms with Crippen molar-refractivity contribution in [3.8, 4) is 0 Å². The molecule has 88 valence electrons. The van der Waals surface area contributed by atoms with Gasteiger partial charge in [-0.05, 0) is 19.3 Å². The molecule has 0 aromatic heterocycles. The van der Waals surface area contributed by atoms with Crippen molar-refractivity contribution < 1.29 is 19.4 Å². The van der Waals surface area contributed by atoms with Gasteiger partial charge in [0.2, 0.25) is 0 Å². The van der Waals surface area contributed by atoms with Crippen molar-refractivity contribution in [3.63, 3.8) is 0 Å². The van der Waals surface area contributed by atoms with Crippen LogP contribution in [-0.2, 0) is 14.3 Å². The van der Waals surface area contributed by atoms with Gasteiger partial charge in [-0.15, -0.1) is 0 Å². The van der Waals surface area contributed by atoms with Crippen LogP contribution in [0.5, 0.6) is 0 Å². The molecule has 1 heterocycles. The highest BCUT2D eigenvalue weighted by Gasteiger charge is 2.20. The first-order valence-corrected chi connectivity index (χ1v) is 5.30. The van der Waals surface area contributed by atoms with Gasteiger partial charge in [-0.3, -0.25) is 10.1 Å². The molecule has 5 nitrogen and oxygen atoms in total. The van der Waals surface area contributed by atoms with Crippen LogP contribution in [0.15, 0.2) is 0 Å². The van der Waals surface area contributed by atoms with Crippen LogP contribution in [0.1, 0.15) is 19.3 Å². The fraction of sp³-hybridized carbons (Fsp3) is 0.900. The molecule has 0 aromatic rings.